The van der Waals surface area contributed by atoms with Crippen LogP contribution in [0, 0.1) is 12.8 Å². The molecule has 0 aliphatic carbocycles. The molecule has 1 rings (SSSR count). The van der Waals surface area contributed by atoms with Crippen molar-refractivity contribution >= 4 is 29.7 Å². The molecule has 1 heterocycles. The van der Waals surface area contributed by atoms with E-state index in [2.05, 4.69) is 18.3 Å². The van der Waals surface area contributed by atoms with Crippen LogP contribution in [0.3, 0.4) is 0 Å². The van der Waals surface area contributed by atoms with Gasteiger partial charge in [0.25, 0.3) is 0 Å². The Labute approximate surface area is 107 Å². The zero-order valence-electron chi connectivity index (χ0n) is 9.82. The highest BCUT2D eigenvalue weighted by atomic mass is 35.5. The van der Waals surface area contributed by atoms with Crippen LogP contribution in [0.25, 0.3) is 0 Å². The molecule has 3 N–H and O–H groups in total. The fourth-order valence-electron chi connectivity index (χ4n) is 1.15. The van der Waals surface area contributed by atoms with Gasteiger partial charge >= 0.3 is 0 Å². The molecule has 0 saturated heterocycles. The van der Waals surface area contributed by atoms with E-state index in [1.165, 1.54) is 9.75 Å². The van der Waals surface area contributed by atoms with E-state index in [0.29, 0.717) is 6.54 Å². The number of carbonyl (C=O) groups is 1. The first-order valence-electron chi connectivity index (χ1n) is 5.09. The highest BCUT2D eigenvalue weighted by Crippen LogP contribution is 2.14. The molecule has 0 aliphatic rings. The Morgan fingerprint density at radius 3 is 2.56 bits per heavy atom. The van der Waals surface area contributed by atoms with Crippen molar-refractivity contribution < 1.29 is 4.79 Å². The topological polar surface area (TPSA) is 55.1 Å². The molecule has 5 heteroatoms. The number of aryl methyl sites for hydroxylation is 1. The van der Waals surface area contributed by atoms with Crippen LogP contribution in [-0.4, -0.2) is 11.9 Å². The van der Waals surface area contributed by atoms with Gasteiger partial charge in [0, 0.05) is 21.7 Å². The van der Waals surface area contributed by atoms with Crippen LogP contribution in [0.5, 0.6) is 0 Å². The fourth-order valence-corrected chi connectivity index (χ4v) is 1.98. The van der Waals surface area contributed by atoms with E-state index in [1.54, 1.807) is 11.3 Å². The Morgan fingerprint density at radius 1 is 1.50 bits per heavy atom. The minimum Gasteiger partial charge on any atom is -0.351 e. The number of hydrogen-bond donors (Lipinski definition) is 2. The van der Waals surface area contributed by atoms with E-state index in [4.69, 9.17) is 5.73 Å². The monoisotopic (exact) mass is 262 g/mol. The van der Waals surface area contributed by atoms with Gasteiger partial charge in [0.1, 0.15) is 0 Å². The van der Waals surface area contributed by atoms with Gasteiger partial charge in [-0.3, -0.25) is 4.79 Å². The number of amides is 1. The quantitative estimate of drug-likeness (QED) is 0.873. The SMILES string of the molecule is Cc1ccc(CNC(=O)C(C)C(C)N)s1.Cl. The zero-order chi connectivity index (χ0) is 11.4. The minimum absolute atomic E-state index is 0. The summed E-state index contributed by atoms with van der Waals surface area (Å²) in [6, 6.07) is 3.99. The summed E-state index contributed by atoms with van der Waals surface area (Å²) in [5, 5.41) is 2.88. The average Bonchev–Trinajstić information content (AvgIpc) is 2.59. The fraction of sp³-hybridized carbons (Fsp3) is 0.545. The van der Waals surface area contributed by atoms with Crippen molar-refractivity contribution in [3.8, 4) is 0 Å². The van der Waals surface area contributed by atoms with Gasteiger partial charge in [-0.05, 0) is 26.0 Å². The first-order valence-corrected chi connectivity index (χ1v) is 5.91. The van der Waals surface area contributed by atoms with Gasteiger partial charge in [-0.25, -0.2) is 0 Å². The summed E-state index contributed by atoms with van der Waals surface area (Å²) in [6.45, 7) is 6.36. The summed E-state index contributed by atoms with van der Waals surface area (Å²) in [4.78, 5) is 14.0. The maximum absolute atomic E-state index is 11.6. The van der Waals surface area contributed by atoms with E-state index in [0.717, 1.165) is 0 Å². The van der Waals surface area contributed by atoms with Crippen molar-refractivity contribution in [1.82, 2.24) is 5.32 Å². The molecule has 0 aromatic carbocycles. The maximum Gasteiger partial charge on any atom is 0.224 e. The van der Waals surface area contributed by atoms with Gasteiger partial charge in [0.05, 0.1) is 6.54 Å². The van der Waals surface area contributed by atoms with Crippen LogP contribution in [0.1, 0.15) is 23.6 Å². The van der Waals surface area contributed by atoms with E-state index >= 15 is 0 Å². The van der Waals surface area contributed by atoms with Crippen LogP contribution >= 0.6 is 23.7 Å². The number of halogens is 1. The van der Waals surface area contributed by atoms with Crippen molar-refractivity contribution in [2.45, 2.75) is 33.4 Å². The molecular weight excluding hydrogens is 244 g/mol. The highest BCUT2D eigenvalue weighted by Gasteiger charge is 2.16. The minimum atomic E-state index is -0.133. The van der Waals surface area contributed by atoms with Gasteiger partial charge in [-0.2, -0.15) is 0 Å². The number of nitrogens with two attached hydrogens (primary N) is 1. The normalized spacial score (nSPS) is 13.8. The molecule has 92 valence electrons. The van der Waals surface area contributed by atoms with E-state index in [9.17, 15) is 4.79 Å². The molecule has 1 amide bonds. The maximum atomic E-state index is 11.6. The van der Waals surface area contributed by atoms with Crippen LogP contribution in [0.15, 0.2) is 12.1 Å². The third-order valence-electron chi connectivity index (χ3n) is 2.44. The van der Waals surface area contributed by atoms with Crippen LogP contribution in [0.2, 0.25) is 0 Å². The predicted molar refractivity (Wildman–Crippen MR) is 71.0 cm³/mol. The molecule has 1 aromatic rings. The number of nitrogens with one attached hydrogen (secondary N) is 1. The number of thiophene rings is 1. The Bertz CT molecular complexity index is 338. The van der Waals surface area contributed by atoms with Gasteiger partial charge in [-0.1, -0.05) is 6.92 Å². The van der Waals surface area contributed by atoms with Gasteiger partial charge in [-0.15, -0.1) is 23.7 Å². The lowest BCUT2D eigenvalue weighted by molar-refractivity contribution is -0.125. The molecule has 0 saturated carbocycles. The van der Waals surface area contributed by atoms with Crippen molar-refractivity contribution in [3.05, 3.63) is 21.9 Å². The van der Waals surface area contributed by atoms with Crippen LogP contribution < -0.4 is 11.1 Å². The third-order valence-corrected chi connectivity index (χ3v) is 3.44. The molecular formula is C11H19ClN2OS. The summed E-state index contributed by atoms with van der Waals surface area (Å²) in [5.41, 5.74) is 5.65. The summed E-state index contributed by atoms with van der Waals surface area (Å²) in [5.74, 6) is -0.109. The van der Waals surface area contributed by atoms with Crippen LogP contribution in [-0.2, 0) is 11.3 Å². The molecule has 16 heavy (non-hydrogen) atoms. The van der Waals surface area contributed by atoms with Crippen molar-refractivity contribution in [1.29, 1.82) is 0 Å². The highest BCUT2D eigenvalue weighted by molar-refractivity contribution is 7.11. The molecule has 0 fully saturated rings. The van der Waals surface area contributed by atoms with Crippen LogP contribution in [0.4, 0.5) is 0 Å². The summed E-state index contributed by atoms with van der Waals surface area (Å²) >= 11 is 1.70. The number of rotatable bonds is 4. The molecule has 0 radical (unpaired) electrons. The van der Waals surface area contributed by atoms with Crippen molar-refractivity contribution in [2.75, 3.05) is 0 Å². The molecule has 3 nitrogen and oxygen atoms in total. The zero-order valence-corrected chi connectivity index (χ0v) is 11.5. The van der Waals surface area contributed by atoms with Crippen molar-refractivity contribution in [3.63, 3.8) is 0 Å². The summed E-state index contributed by atoms with van der Waals surface area (Å²) in [6.07, 6.45) is 0. The molecule has 0 aliphatic heterocycles. The Morgan fingerprint density at radius 2 is 2.12 bits per heavy atom. The lowest BCUT2D eigenvalue weighted by Gasteiger charge is -2.14. The Hall–Kier alpha value is -0.580. The van der Waals surface area contributed by atoms with E-state index < -0.39 is 0 Å². The Balaban J connectivity index is 0.00000225. The predicted octanol–water partition coefficient (Wildman–Crippen LogP) is 2.08. The van der Waals surface area contributed by atoms with Gasteiger partial charge < -0.3 is 11.1 Å². The standard InChI is InChI=1S/C11H18N2OS.ClH/c1-7-4-5-10(15-7)6-13-11(14)8(2)9(3)12;/h4-5,8-9H,6,12H2,1-3H3,(H,13,14);1H. The molecule has 2 unspecified atom stereocenters. The summed E-state index contributed by atoms with van der Waals surface area (Å²) < 4.78 is 0. The molecule has 0 bridgehead atoms. The molecule has 0 spiro atoms. The third kappa shape index (κ3) is 4.51. The Kier molecular flexibility index (Phi) is 6.64. The average molecular weight is 263 g/mol. The van der Waals surface area contributed by atoms with Gasteiger partial charge in [0.15, 0.2) is 0 Å². The lowest BCUT2D eigenvalue weighted by Crippen LogP contribution is -2.38. The first kappa shape index (κ1) is 15.4. The second-order valence-corrected chi connectivity index (χ2v) is 5.25. The van der Waals surface area contributed by atoms with Crippen molar-refractivity contribution in [2.24, 2.45) is 11.7 Å². The van der Waals surface area contributed by atoms with E-state index in [-0.39, 0.29) is 30.3 Å². The number of carbonyl (C=O) groups excluding carboxylic acids is 1. The van der Waals surface area contributed by atoms with Gasteiger partial charge in [0.2, 0.25) is 5.91 Å². The largest absolute Gasteiger partial charge is 0.351 e. The first-order chi connectivity index (χ1) is 7.00. The smallest absolute Gasteiger partial charge is 0.224 e. The lowest BCUT2D eigenvalue weighted by atomic mass is 10.0. The van der Waals surface area contributed by atoms with E-state index in [1.807, 2.05) is 19.9 Å². The summed E-state index contributed by atoms with van der Waals surface area (Å²) in [7, 11) is 0. The second kappa shape index (κ2) is 6.89. The number of hydrogen-bond acceptors (Lipinski definition) is 3. The molecule has 2 atom stereocenters. The second-order valence-electron chi connectivity index (χ2n) is 3.88. The molecule has 1 aromatic heterocycles.